The number of fused-ring (bicyclic) bond motifs is 1. The van der Waals surface area contributed by atoms with E-state index in [0.717, 1.165) is 28.9 Å². The molecule has 2 aliphatic rings. The first kappa shape index (κ1) is 24.1. The Bertz CT molecular complexity index is 1360. The normalized spacial score (nSPS) is 16.3. The third-order valence-corrected chi connectivity index (χ3v) is 7.78. The number of primary amides is 1. The molecule has 186 valence electrons. The predicted octanol–water partition coefficient (Wildman–Crippen LogP) is 5.70. The van der Waals surface area contributed by atoms with Crippen LogP contribution in [0.15, 0.2) is 10.5 Å². The second-order valence-corrected chi connectivity index (χ2v) is 10.4. The Morgan fingerprint density at radius 3 is 2.43 bits per heavy atom. The summed E-state index contributed by atoms with van der Waals surface area (Å²) in [5.41, 5.74) is 4.77. The van der Waals surface area contributed by atoms with E-state index in [1.165, 1.54) is 6.07 Å². The van der Waals surface area contributed by atoms with E-state index in [1.54, 1.807) is 0 Å². The highest BCUT2D eigenvalue weighted by Crippen LogP contribution is 2.49. The van der Waals surface area contributed by atoms with Gasteiger partial charge in [-0.15, -0.1) is 11.3 Å². The molecule has 3 aromatic heterocycles. The van der Waals surface area contributed by atoms with E-state index >= 15 is 0 Å². The number of nitrogens with two attached hydrogens (primary N) is 1. The molecule has 0 bridgehead atoms. The number of halogens is 6. The standard InChI is InChI=1S/C21H17BrF5N5O2S/c22-13-15(8-3-4-8)32(31-17(13)21(25,26)27)6-11(33)30-14-12-9(7-1-2-7)5-10(18(23)24)29-20(12)35-16(14)19(28)34/h5,7-8,18H,1-4,6H2,(H2,28,34)(H,30,33). The maximum Gasteiger partial charge on any atom is 0.436 e. The van der Waals surface area contributed by atoms with Crippen LogP contribution in [0.25, 0.3) is 10.2 Å². The minimum Gasteiger partial charge on any atom is -0.365 e. The minimum absolute atomic E-state index is 0.0261. The number of carbonyl (C=O) groups excluding carboxylic acids is 2. The average molecular weight is 578 g/mol. The largest absolute Gasteiger partial charge is 0.436 e. The van der Waals surface area contributed by atoms with E-state index in [0.29, 0.717) is 23.8 Å². The number of aromatic nitrogens is 3. The SMILES string of the molecule is NC(=O)c1sc2nc(C(F)F)cc(C3CC3)c2c1NC(=O)Cn1nc(C(F)(F)F)c(Br)c1C1CC1. The Kier molecular flexibility index (Phi) is 5.86. The summed E-state index contributed by atoms with van der Waals surface area (Å²) in [6.07, 6.45) is -4.68. The Labute approximate surface area is 207 Å². The zero-order chi connectivity index (χ0) is 25.2. The van der Waals surface area contributed by atoms with Gasteiger partial charge in [0.2, 0.25) is 5.91 Å². The van der Waals surface area contributed by atoms with Crippen molar-refractivity contribution < 1.29 is 31.5 Å². The summed E-state index contributed by atoms with van der Waals surface area (Å²) < 4.78 is 67.7. The van der Waals surface area contributed by atoms with Gasteiger partial charge in [-0.2, -0.15) is 18.3 Å². The van der Waals surface area contributed by atoms with Crippen molar-refractivity contribution in [2.45, 2.75) is 56.7 Å². The molecular formula is C21H17BrF5N5O2S. The van der Waals surface area contributed by atoms with Gasteiger partial charge in [0.25, 0.3) is 12.3 Å². The topological polar surface area (TPSA) is 103 Å². The average Bonchev–Trinajstić information content (AvgIpc) is 3.68. The van der Waals surface area contributed by atoms with Gasteiger partial charge in [-0.25, -0.2) is 13.8 Å². The number of anilines is 1. The van der Waals surface area contributed by atoms with Gasteiger partial charge in [0.15, 0.2) is 5.69 Å². The van der Waals surface area contributed by atoms with Crippen LogP contribution in [-0.4, -0.2) is 26.6 Å². The number of alkyl halides is 5. The van der Waals surface area contributed by atoms with Crippen molar-refractivity contribution in [3.8, 4) is 0 Å². The summed E-state index contributed by atoms with van der Waals surface area (Å²) in [6, 6.07) is 1.27. The van der Waals surface area contributed by atoms with Gasteiger partial charge in [0.05, 0.1) is 15.9 Å². The fraction of sp³-hybridized carbons (Fsp3) is 0.429. The van der Waals surface area contributed by atoms with Crippen LogP contribution in [0.5, 0.6) is 0 Å². The molecule has 7 nitrogen and oxygen atoms in total. The van der Waals surface area contributed by atoms with Crippen molar-refractivity contribution in [1.82, 2.24) is 14.8 Å². The Morgan fingerprint density at radius 1 is 1.23 bits per heavy atom. The molecule has 3 aromatic rings. The molecule has 3 heterocycles. The smallest absolute Gasteiger partial charge is 0.365 e. The van der Waals surface area contributed by atoms with Crippen molar-refractivity contribution in [2.24, 2.45) is 5.73 Å². The van der Waals surface area contributed by atoms with E-state index in [-0.39, 0.29) is 37.4 Å². The summed E-state index contributed by atoms with van der Waals surface area (Å²) in [7, 11) is 0. The quantitative estimate of drug-likeness (QED) is 0.351. The molecule has 14 heteroatoms. The van der Waals surface area contributed by atoms with Crippen LogP contribution < -0.4 is 11.1 Å². The number of pyridine rings is 1. The van der Waals surface area contributed by atoms with Gasteiger partial charge in [-0.3, -0.25) is 14.3 Å². The molecule has 3 N–H and O–H groups in total. The highest BCUT2D eigenvalue weighted by atomic mass is 79.9. The van der Waals surface area contributed by atoms with Gasteiger partial charge >= 0.3 is 6.18 Å². The summed E-state index contributed by atoms with van der Waals surface area (Å²) in [5, 5.41) is 6.54. The molecular weight excluding hydrogens is 561 g/mol. The second kappa shape index (κ2) is 8.50. The Hall–Kier alpha value is -2.61. The monoisotopic (exact) mass is 577 g/mol. The van der Waals surface area contributed by atoms with Crippen molar-refractivity contribution in [1.29, 1.82) is 0 Å². The van der Waals surface area contributed by atoms with Crippen LogP contribution in [0.2, 0.25) is 0 Å². The lowest BCUT2D eigenvalue weighted by Crippen LogP contribution is -2.23. The van der Waals surface area contributed by atoms with Crippen LogP contribution in [0.3, 0.4) is 0 Å². The lowest BCUT2D eigenvalue weighted by Gasteiger charge is -2.11. The number of thiophene rings is 1. The maximum absolute atomic E-state index is 13.4. The van der Waals surface area contributed by atoms with E-state index in [4.69, 9.17) is 5.73 Å². The molecule has 35 heavy (non-hydrogen) atoms. The Morgan fingerprint density at radius 2 is 1.89 bits per heavy atom. The molecule has 2 saturated carbocycles. The van der Waals surface area contributed by atoms with Crippen molar-refractivity contribution in [2.75, 3.05) is 5.32 Å². The van der Waals surface area contributed by atoms with Gasteiger partial charge in [0, 0.05) is 11.3 Å². The van der Waals surface area contributed by atoms with E-state index < -0.39 is 42.3 Å². The first-order valence-corrected chi connectivity index (χ1v) is 12.2. The predicted molar refractivity (Wildman–Crippen MR) is 121 cm³/mol. The molecule has 0 radical (unpaired) electrons. The number of carbonyl (C=O) groups is 2. The zero-order valence-electron chi connectivity index (χ0n) is 17.8. The van der Waals surface area contributed by atoms with E-state index in [2.05, 4.69) is 31.3 Å². The molecule has 0 aliphatic heterocycles. The molecule has 0 aromatic carbocycles. The molecule has 0 saturated heterocycles. The van der Waals surface area contributed by atoms with Crippen LogP contribution in [0.1, 0.15) is 76.3 Å². The van der Waals surface area contributed by atoms with Gasteiger partial charge < -0.3 is 11.1 Å². The van der Waals surface area contributed by atoms with E-state index in [9.17, 15) is 31.5 Å². The van der Waals surface area contributed by atoms with Crippen LogP contribution in [0, 0.1) is 0 Å². The van der Waals surface area contributed by atoms with Gasteiger partial charge in [-0.05, 0) is 59.2 Å². The third-order valence-electron chi connectivity index (χ3n) is 5.90. The van der Waals surface area contributed by atoms with Crippen LogP contribution in [0.4, 0.5) is 27.6 Å². The summed E-state index contributed by atoms with van der Waals surface area (Å²) in [6.45, 7) is -0.544. The number of amides is 2. The molecule has 2 aliphatic carbocycles. The fourth-order valence-electron chi connectivity index (χ4n) is 4.08. The summed E-state index contributed by atoms with van der Waals surface area (Å²) >= 11 is 3.77. The molecule has 2 amide bonds. The molecule has 0 spiro atoms. The molecule has 0 atom stereocenters. The number of hydrogen-bond acceptors (Lipinski definition) is 5. The maximum atomic E-state index is 13.4. The summed E-state index contributed by atoms with van der Waals surface area (Å²) in [4.78, 5) is 29.1. The first-order chi connectivity index (χ1) is 16.5. The fourth-order valence-corrected chi connectivity index (χ4v) is 5.94. The molecule has 2 fully saturated rings. The van der Waals surface area contributed by atoms with Crippen molar-refractivity contribution in [3.63, 3.8) is 0 Å². The van der Waals surface area contributed by atoms with Gasteiger partial charge in [-0.1, -0.05) is 0 Å². The minimum atomic E-state index is -4.71. The van der Waals surface area contributed by atoms with Crippen LogP contribution >= 0.6 is 27.3 Å². The third kappa shape index (κ3) is 4.53. The van der Waals surface area contributed by atoms with Gasteiger partial charge in [0.1, 0.15) is 21.9 Å². The Balaban J connectivity index is 1.53. The molecule has 5 rings (SSSR count). The second-order valence-electron chi connectivity index (χ2n) is 8.59. The van der Waals surface area contributed by atoms with E-state index in [1.807, 2.05) is 0 Å². The van der Waals surface area contributed by atoms with Crippen molar-refractivity contribution in [3.05, 3.63) is 38.1 Å². The lowest BCUT2D eigenvalue weighted by atomic mass is 10.0. The van der Waals surface area contributed by atoms with Crippen molar-refractivity contribution >= 4 is 55.0 Å². The molecule has 0 unspecified atom stereocenters. The first-order valence-electron chi connectivity index (χ1n) is 10.6. The highest BCUT2D eigenvalue weighted by molar-refractivity contribution is 9.10. The number of hydrogen-bond donors (Lipinski definition) is 2. The zero-order valence-corrected chi connectivity index (χ0v) is 20.2. The number of rotatable bonds is 7. The number of nitrogens with one attached hydrogen (secondary N) is 1. The number of nitrogens with zero attached hydrogens (tertiary/aromatic N) is 3. The van der Waals surface area contributed by atoms with Crippen LogP contribution in [-0.2, 0) is 17.5 Å². The lowest BCUT2D eigenvalue weighted by molar-refractivity contribution is -0.142. The summed E-state index contributed by atoms with van der Waals surface area (Å²) in [5.74, 6) is -1.80. The highest BCUT2D eigenvalue weighted by Gasteiger charge is 2.42.